The molecule has 10 heteroatoms. The number of hydrogen-bond acceptors (Lipinski definition) is 5. The van der Waals surface area contributed by atoms with Crippen molar-refractivity contribution in [2.75, 3.05) is 18.5 Å². The van der Waals surface area contributed by atoms with Crippen molar-refractivity contribution >= 4 is 64.1 Å². The Morgan fingerprint density at radius 1 is 0.794 bits per heavy atom. The monoisotopic (exact) mass is 518 g/mol. The van der Waals surface area contributed by atoms with E-state index in [9.17, 15) is 19.2 Å². The van der Waals surface area contributed by atoms with E-state index in [0.29, 0.717) is 15.6 Å². The molecule has 0 atom stereocenters. The lowest BCUT2D eigenvalue weighted by atomic mass is 10.0. The fourth-order valence-electron chi connectivity index (χ4n) is 2.86. The summed E-state index contributed by atoms with van der Waals surface area (Å²) in [6.45, 7) is -1.11. The van der Waals surface area contributed by atoms with Crippen LogP contribution in [0.3, 0.4) is 0 Å². The Kier molecular flexibility index (Phi) is 8.65. The van der Waals surface area contributed by atoms with Crippen LogP contribution in [0.25, 0.3) is 0 Å². The maximum absolute atomic E-state index is 12.8. The van der Waals surface area contributed by atoms with Crippen molar-refractivity contribution in [2.45, 2.75) is 0 Å². The second kappa shape index (κ2) is 11.7. The highest BCUT2D eigenvalue weighted by Gasteiger charge is 2.17. The van der Waals surface area contributed by atoms with Crippen LogP contribution in [0.4, 0.5) is 5.69 Å². The zero-order chi connectivity index (χ0) is 24.7. The second-order valence-corrected chi connectivity index (χ2v) is 8.18. The van der Waals surface area contributed by atoms with Gasteiger partial charge in [-0.25, -0.2) is 0 Å². The Morgan fingerprint density at radius 3 is 2.18 bits per heavy atom. The smallest absolute Gasteiger partial charge is 0.325 e. The quantitative estimate of drug-likeness (QED) is 0.329. The molecule has 0 heterocycles. The average Bonchev–Trinajstić information content (AvgIpc) is 2.82. The molecule has 0 aliphatic rings. The van der Waals surface area contributed by atoms with E-state index in [1.807, 2.05) is 0 Å². The summed E-state index contributed by atoms with van der Waals surface area (Å²) in [6.07, 6.45) is 0. The lowest BCUT2D eigenvalue weighted by molar-refractivity contribution is -0.146. The number of ketones is 1. The first-order valence-electron chi connectivity index (χ1n) is 9.82. The van der Waals surface area contributed by atoms with Gasteiger partial charge in [0.15, 0.2) is 12.4 Å². The van der Waals surface area contributed by atoms with Gasteiger partial charge in [-0.15, -0.1) is 0 Å². The van der Waals surface area contributed by atoms with Gasteiger partial charge in [0, 0.05) is 21.2 Å². The molecule has 0 saturated heterocycles. The lowest BCUT2D eigenvalue weighted by Crippen LogP contribution is -2.32. The Bertz CT molecular complexity index is 1250. The highest BCUT2D eigenvalue weighted by Crippen LogP contribution is 2.24. The number of esters is 1. The van der Waals surface area contributed by atoms with Gasteiger partial charge in [-0.05, 0) is 36.4 Å². The molecule has 0 radical (unpaired) electrons. The molecule has 0 spiro atoms. The van der Waals surface area contributed by atoms with E-state index >= 15 is 0 Å². The number of nitrogens with one attached hydrogen (secondary N) is 2. The first-order chi connectivity index (χ1) is 16.2. The number of halogens is 3. The topological polar surface area (TPSA) is 102 Å². The van der Waals surface area contributed by atoms with Crippen LogP contribution in [-0.4, -0.2) is 36.7 Å². The van der Waals surface area contributed by atoms with Crippen LogP contribution < -0.4 is 10.6 Å². The zero-order valence-corrected chi connectivity index (χ0v) is 19.7. The second-order valence-electron chi connectivity index (χ2n) is 6.90. The van der Waals surface area contributed by atoms with E-state index in [2.05, 4.69) is 10.6 Å². The van der Waals surface area contributed by atoms with Crippen molar-refractivity contribution in [1.82, 2.24) is 5.32 Å². The highest BCUT2D eigenvalue weighted by molar-refractivity contribution is 6.36. The third-order valence-corrected chi connectivity index (χ3v) is 5.25. The zero-order valence-electron chi connectivity index (χ0n) is 17.4. The Hall–Kier alpha value is -3.39. The number of benzene rings is 3. The molecule has 3 aromatic rings. The van der Waals surface area contributed by atoms with Crippen LogP contribution in [0, 0.1) is 0 Å². The Balaban J connectivity index is 1.55. The van der Waals surface area contributed by atoms with E-state index in [4.69, 9.17) is 39.5 Å². The van der Waals surface area contributed by atoms with Crippen LogP contribution >= 0.6 is 34.8 Å². The van der Waals surface area contributed by atoms with Crippen molar-refractivity contribution in [3.63, 3.8) is 0 Å². The standard InChI is InChI=1S/C24H17Cl3N2O5/c25-15-7-9-20(18(10-15)23(32)14-4-2-1-3-5-14)29-21(30)13-34-22(31)12-28-24(33)17-8-6-16(26)11-19(17)27/h1-11H,12-13H2,(H,28,33)(H,29,30). The third-order valence-electron chi connectivity index (χ3n) is 4.47. The number of carbonyl (C=O) groups excluding carboxylic acids is 4. The molecule has 7 nitrogen and oxygen atoms in total. The van der Waals surface area contributed by atoms with Crippen molar-refractivity contribution in [3.8, 4) is 0 Å². The number of ether oxygens (including phenoxy) is 1. The minimum atomic E-state index is -0.842. The summed E-state index contributed by atoms with van der Waals surface area (Å²) in [7, 11) is 0. The Labute approximate surface area is 210 Å². The summed E-state index contributed by atoms with van der Waals surface area (Å²) >= 11 is 17.8. The van der Waals surface area contributed by atoms with Crippen molar-refractivity contribution in [2.24, 2.45) is 0 Å². The Morgan fingerprint density at radius 2 is 1.47 bits per heavy atom. The molecule has 0 unspecified atom stereocenters. The van der Waals surface area contributed by atoms with Gasteiger partial charge in [-0.2, -0.15) is 0 Å². The molecule has 2 N–H and O–H groups in total. The maximum atomic E-state index is 12.8. The number of hydrogen-bond donors (Lipinski definition) is 2. The molecule has 0 fully saturated rings. The van der Waals surface area contributed by atoms with Gasteiger partial charge in [0.05, 0.1) is 16.3 Å². The van der Waals surface area contributed by atoms with Crippen LogP contribution in [0.1, 0.15) is 26.3 Å². The van der Waals surface area contributed by atoms with Gasteiger partial charge in [-0.3, -0.25) is 19.2 Å². The van der Waals surface area contributed by atoms with E-state index in [1.165, 1.54) is 36.4 Å². The molecule has 2 amide bonds. The lowest BCUT2D eigenvalue weighted by Gasteiger charge is -2.12. The number of amides is 2. The minimum Gasteiger partial charge on any atom is -0.454 e. The fraction of sp³-hybridized carbons (Fsp3) is 0.0833. The summed E-state index contributed by atoms with van der Waals surface area (Å²) < 4.78 is 4.89. The molecule has 0 aliphatic carbocycles. The molecule has 3 rings (SSSR count). The third kappa shape index (κ3) is 6.81. The molecule has 34 heavy (non-hydrogen) atoms. The van der Waals surface area contributed by atoms with E-state index < -0.39 is 30.9 Å². The van der Waals surface area contributed by atoms with Gasteiger partial charge in [0.2, 0.25) is 0 Å². The predicted octanol–water partition coefficient (Wildman–Crippen LogP) is 4.79. The number of rotatable bonds is 8. The van der Waals surface area contributed by atoms with E-state index in [-0.39, 0.29) is 27.6 Å². The summed E-state index contributed by atoms with van der Waals surface area (Å²) in [4.78, 5) is 49.2. The normalized spacial score (nSPS) is 10.3. The van der Waals surface area contributed by atoms with Gasteiger partial charge in [0.25, 0.3) is 11.8 Å². The van der Waals surface area contributed by atoms with Gasteiger partial charge in [0.1, 0.15) is 6.54 Å². The summed E-state index contributed by atoms with van der Waals surface area (Å²) in [6, 6.07) is 17.2. The number of carbonyl (C=O) groups is 4. The first-order valence-corrected chi connectivity index (χ1v) is 11.0. The average molecular weight is 520 g/mol. The van der Waals surface area contributed by atoms with Gasteiger partial charge < -0.3 is 15.4 Å². The minimum absolute atomic E-state index is 0.126. The highest BCUT2D eigenvalue weighted by atomic mass is 35.5. The molecule has 0 bridgehead atoms. The molecule has 0 aliphatic heterocycles. The number of anilines is 1. The SMILES string of the molecule is O=C(COC(=O)CNC(=O)c1ccc(Cl)cc1Cl)Nc1ccc(Cl)cc1C(=O)c1ccccc1. The summed E-state index contributed by atoms with van der Waals surface area (Å²) in [5.74, 6) is -2.46. The molecule has 174 valence electrons. The first kappa shape index (κ1) is 25.2. The largest absolute Gasteiger partial charge is 0.454 e. The van der Waals surface area contributed by atoms with Crippen molar-refractivity contribution in [3.05, 3.63) is 98.5 Å². The molecular formula is C24H17Cl3N2O5. The van der Waals surface area contributed by atoms with Crippen LogP contribution in [0.15, 0.2) is 66.7 Å². The molecule has 0 saturated carbocycles. The van der Waals surface area contributed by atoms with Crippen LogP contribution in [-0.2, 0) is 14.3 Å². The summed E-state index contributed by atoms with van der Waals surface area (Å²) in [5, 5.41) is 5.69. The predicted molar refractivity (Wildman–Crippen MR) is 130 cm³/mol. The van der Waals surface area contributed by atoms with Gasteiger partial charge in [-0.1, -0.05) is 65.1 Å². The van der Waals surface area contributed by atoms with Gasteiger partial charge >= 0.3 is 5.97 Å². The fourth-order valence-corrected chi connectivity index (χ4v) is 3.53. The maximum Gasteiger partial charge on any atom is 0.325 e. The van der Waals surface area contributed by atoms with Crippen LogP contribution in [0.5, 0.6) is 0 Å². The molecule has 0 aromatic heterocycles. The van der Waals surface area contributed by atoms with E-state index in [0.717, 1.165) is 0 Å². The molecule has 3 aromatic carbocycles. The molecular weight excluding hydrogens is 503 g/mol. The van der Waals surface area contributed by atoms with E-state index in [1.54, 1.807) is 30.3 Å². The summed E-state index contributed by atoms with van der Waals surface area (Å²) in [5.41, 5.74) is 0.952. The van der Waals surface area contributed by atoms with Crippen molar-refractivity contribution in [1.29, 1.82) is 0 Å². The van der Waals surface area contributed by atoms with Crippen molar-refractivity contribution < 1.29 is 23.9 Å². The van der Waals surface area contributed by atoms with Crippen LogP contribution in [0.2, 0.25) is 15.1 Å².